The highest BCUT2D eigenvalue weighted by Gasteiger charge is 2.20. The lowest BCUT2D eigenvalue weighted by molar-refractivity contribution is -0.135. The number of ether oxygens (including phenoxy) is 1. The van der Waals surface area contributed by atoms with E-state index in [1.165, 1.54) is 26.2 Å². The van der Waals surface area contributed by atoms with Crippen LogP contribution in [0.5, 0.6) is 0 Å². The van der Waals surface area contributed by atoms with Gasteiger partial charge in [-0.25, -0.2) is 0 Å². The number of ketones is 2. The molecule has 0 saturated heterocycles. The summed E-state index contributed by atoms with van der Waals surface area (Å²) in [5.41, 5.74) is 0. The van der Waals surface area contributed by atoms with Gasteiger partial charge in [0, 0.05) is 0 Å². The lowest BCUT2D eigenvalue weighted by atomic mass is 9.97. The van der Waals surface area contributed by atoms with Crippen LogP contribution in [0.15, 0.2) is 0 Å². The number of Topliss-reactive ketones (excluding diaryl/α,β-unsaturated/α-hetero) is 2. The summed E-state index contributed by atoms with van der Waals surface area (Å²) in [4.78, 5) is 22.4. The van der Waals surface area contributed by atoms with E-state index < -0.39 is 5.92 Å². The Labute approximate surface area is 91.2 Å². The minimum absolute atomic E-state index is 0.0766. The van der Waals surface area contributed by atoms with Crippen molar-refractivity contribution in [2.24, 2.45) is 5.92 Å². The molecule has 1 aliphatic carbocycles. The Hall–Kier alpha value is -0.700. The molecule has 1 fully saturated rings. The van der Waals surface area contributed by atoms with E-state index in [-0.39, 0.29) is 24.3 Å². The van der Waals surface area contributed by atoms with Gasteiger partial charge in [0.25, 0.3) is 0 Å². The summed E-state index contributed by atoms with van der Waals surface area (Å²) in [6.07, 6.45) is 6.02. The van der Waals surface area contributed by atoms with Gasteiger partial charge in [-0.05, 0) is 26.7 Å². The summed E-state index contributed by atoms with van der Waals surface area (Å²) >= 11 is 0. The fourth-order valence-electron chi connectivity index (χ4n) is 1.78. The van der Waals surface area contributed by atoms with E-state index in [1.807, 2.05) is 0 Å². The molecular weight excluding hydrogens is 192 g/mol. The van der Waals surface area contributed by atoms with Crippen molar-refractivity contribution in [2.75, 3.05) is 6.61 Å². The standard InChI is InChI=1S/C12H20O3/c1-9(10(2)13)12(14)8-15-11-6-4-3-5-7-11/h9,11H,3-8H2,1-2H3. The Morgan fingerprint density at radius 1 is 1.27 bits per heavy atom. The van der Waals surface area contributed by atoms with Gasteiger partial charge < -0.3 is 4.74 Å². The Morgan fingerprint density at radius 2 is 1.87 bits per heavy atom. The van der Waals surface area contributed by atoms with Crippen molar-refractivity contribution in [3.8, 4) is 0 Å². The summed E-state index contributed by atoms with van der Waals surface area (Å²) in [5.74, 6) is -0.672. The number of rotatable bonds is 5. The maximum atomic E-state index is 11.5. The van der Waals surface area contributed by atoms with E-state index >= 15 is 0 Å². The minimum Gasteiger partial charge on any atom is -0.370 e. The number of carbonyl (C=O) groups excluding carboxylic acids is 2. The molecule has 0 heterocycles. The lowest BCUT2D eigenvalue weighted by Crippen LogP contribution is -2.27. The second-order valence-electron chi connectivity index (χ2n) is 4.37. The molecule has 15 heavy (non-hydrogen) atoms. The molecule has 1 saturated carbocycles. The monoisotopic (exact) mass is 212 g/mol. The SMILES string of the molecule is CC(=O)C(C)C(=O)COC1CCCCC1. The molecule has 0 aromatic rings. The second-order valence-corrected chi connectivity index (χ2v) is 4.37. The van der Waals surface area contributed by atoms with Gasteiger partial charge >= 0.3 is 0 Å². The van der Waals surface area contributed by atoms with Crippen LogP contribution in [0.1, 0.15) is 46.0 Å². The predicted octanol–water partition coefficient (Wildman–Crippen LogP) is 2.13. The van der Waals surface area contributed by atoms with Gasteiger partial charge in [0.1, 0.15) is 12.4 Å². The number of carbonyl (C=O) groups is 2. The molecule has 1 atom stereocenters. The molecule has 3 heteroatoms. The van der Waals surface area contributed by atoms with Gasteiger partial charge in [-0.1, -0.05) is 19.3 Å². The maximum Gasteiger partial charge on any atom is 0.168 e. The lowest BCUT2D eigenvalue weighted by Gasteiger charge is -2.22. The van der Waals surface area contributed by atoms with Crippen LogP contribution in [0, 0.1) is 5.92 Å². The fraction of sp³-hybridized carbons (Fsp3) is 0.833. The third-order valence-electron chi connectivity index (χ3n) is 3.11. The average molecular weight is 212 g/mol. The molecule has 3 nitrogen and oxygen atoms in total. The van der Waals surface area contributed by atoms with Crippen molar-refractivity contribution in [1.82, 2.24) is 0 Å². The van der Waals surface area contributed by atoms with Crippen molar-refractivity contribution in [3.05, 3.63) is 0 Å². The summed E-state index contributed by atoms with van der Waals surface area (Å²) in [6.45, 7) is 3.20. The zero-order chi connectivity index (χ0) is 11.3. The Kier molecular flexibility index (Phi) is 4.95. The Morgan fingerprint density at radius 3 is 2.40 bits per heavy atom. The van der Waals surface area contributed by atoms with Crippen LogP contribution in [0.4, 0.5) is 0 Å². The minimum atomic E-state index is -0.506. The Balaban J connectivity index is 2.23. The van der Waals surface area contributed by atoms with Gasteiger partial charge in [0.2, 0.25) is 0 Å². The topological polar surface area (TPSA) is 43.4 Å². The van der Waals surface area contributed by atoms with E-state index in [9.17, 15) is 9.59 Å². The van der Waals surface area contributed by atoms with Gasteiger partial charge in [-0.2, -0.15) is 0 Å². The van der Waals surface area contributed by atoms with Gasteiger partial charge in [0.05, 0.1) is 12.0 Å². The van der Waals surface area contributed by atoms with Crippen LogP contribution in [0.2, 0.25) is 0 Å². The molecule has 0 aliphatic heterocycles. The summed E-state index contributed by atoms with van der Waals surface area (Å²) in [5, 5.41) is 0. The molecule has 0 amide bonds. The summed E-state index contributed by atoms with van der Waals surface area (Å²) in [6, 6.07) is 0. The molecule has 0 aromatic carbocycles. The molecule has 0 aromatic heterocycles. The zero-order valence-electron chi connectivity index (χ0n) is 9.62. The smallest absolute Gasteiger partial charge is 0.168 e. The summed E-state index contributed by atoms with van der Waals surface area (Å²) in [7, 11) is 0. The van der Waals surface area contributed by atoms with Crippen LogP contribution >= 0.6 is 0 Å². The van der Waals surface area contributed by atoms with Crippen molar-refractivity contribution >= 4 is 11.6 Å². The van der Waals surface area contributed by atoms with Crippen molar-refractivity contribution in [3.63, 3.8) is 0 Å². The molecule has 0 radical (unpaired) electrons. The molecule has 0 bridgehead atoms. The summed E-state index contributed by atoms with van der Waals surface area (Å²) < 4.78 is 5.51. The number of hydrogen-bond acceptors (Lipinski definition) is 3. The fourth-order valence-corrected chi connectivity index (χ4v) is 1.78. The quantitative estimate of drug-likeness (QED) is 0.656. The second kappa shape index (κ2) is 6.01. The largest absolute Gasteiger partial charge is 0.370 e. The highest BCUT2D eigenvalue weighted by Crippen LogP contribution is 2.20. The highest BCUT2D eigenvalue weighted by molar-refractivity contribution is 6.01. The van der Waals surface area contributed by atoms with Gasteiger partial charge in [-0.3, -0.25) is 9.59 Å². The van der Waals surface area contributed by atoms with Crippen molar-refractivity contribution in [1.29, 1.82) is 0 Å². The Bertz CT molecular complexity index is 229. The molecule has 0 N–H and O–H groups in total. The van der Waals surface area contributed by atoms with Crippen LogP contribution in [0.25, 0.3) is 0 Å². The molecule has 1 aliphatic rings. The normalized spacial score (nSPS) is 19.9. The predicted molar refractivity (Wildman–Crippen MR) is 57.7 cm³/mol. The first-order chi connectivity index (χ1) is 7.11. The third-order valence-corrected chi connectivity index (χ3v) is 3.11. The first-order valence-corrected chi connectivity index (χ1v) is 5.76. The average Bonchev–Trinajstić information content (AvgIpc) is 2.26. The van der Waals surface area contributed by atoms with Crippen molar-refractivity contribution < 1.29 is 14.3 Å². The van der Waals surface area contributed by atoms with Crippen LogP contribution in [0.3, 0.4) is 0 Å². The van der Waals surface area contributed by atoms with E-state index in [0.717, 1.165) is 12.8 Å². The molecule has 0 spiro atoms. The molecule has 1 rings (SSSR count). The van der Waals surface area contributed by atoms with E-state index in [2.05, 4.69) is 0 Å². The maximum absolute atomic E-state index is 11.5. The number of hydrogen-bond donors (Lipinski definition) is 0. The highest BCUT2D eigenvalue weighted by atomic mass is 16.5. The van der Waals surface area contributed by atoms with Crippen LogP contribution in [-0.4, -0.2) is 24.3 Å². The van der Waals surface area contributed by atoms with E-state index in [0.29, 0.717) is 0 Å². The van der Waals surface area contributed by atoms with Crippen LogP contribution < -0.4 is 0 Å². The molecular formula is C12H20O3. The van der Waals surface area contributed by atoms with E-state index in [4.69, 9.17) is 4.74 Å². The van der Waals surface area contributed by atoms with E-state index in [1.54, 1.807) is 6.92 Å². The first-order valence-electron chi connectivity index (χ1n) is 5.76. The molecule has 86 valence electrons. The van der Waals surface area contributed by atoms with Crippen LogP contribution in [-0.2, 0) is 14.3 Å². The van der Waals surface area contributed by atoms with Gasteiger partial charge in [0.15, 0.2) is 5.78 Å². The van der Waals surface area contributed by atoms with Crippen molar-refractivity contribution in [2.45, 2.75) is 52.1 Å². The zero-order valence-corrected chi connectivity index (χ0v) is 9.62. The first kappa shape index (κ1) is 12.4. The third kappa shape index (κ3) is 4.12. The molecule has 1 unspecified atom stereocenters. The van der Waals surface area contributed by atoms with Gasteiger partial charge in [-0.15, -0.1) is 0 Å².